The summed E-state index contributed by atoms with van der Waals surface area (Å²) in [6, 6.07) is 8.68. The fraction of sp³-hybridized carbons (Fsp3) is 0.588. The zero-order valence-electron chi connectivity index (χ0n) is 13.3. The molecule has 0 radical (unpaired) electrons. The zero-order chi connectivity index (χ0) is 15.2. The van der Waals surface area contributed by atoms with Crippen molar-refractivity contribution in [3.8, 4) is 5.75 Å². The second-order valence-corrected chi connectivity index (χ2v) is 6.41. The smallest absolute Gasteiger partial charge is 0.169 e. The van der Waals surface area contributed by atoms with E-state index in [4.69, 9.17) is 17.0 Å². The molecule has 1 aliphatic rings. The fourth-order valence-electron chi connectivity index (χ4n) is 2.88. The fourth-order valence-corrected chi connectivity index (χ4v) is 3.09. The third-order valence-corrected chi connectivity index (χ3v) is 4.78. The molecule has 21 heavy (non-hydrogen) atoms. The summed E-state index contributed by atoms with van der Waals surface area (Å²) in [5.41, 5.74) is 1.24. The number of methoxy groups -OCH3 is 1. The Labute approximate surface area is 133 Å². The van der Waals surface area contributed by atoms with Crippen molar-refractivity contribution in [2.24, 2.45) is 5.92 Å². The molecule has 3 nitrogen and oxygen atoms in total. The molecule has 0 bridgehead atoms. The van der Waals surface area contributed by atoms with Gasteiger partial charge in [0.15, 0.2) is 5.11 Å². The van der Waals surface area contributed by atoms with Crippen LogP contribution in [-0.4, -0.2) is 30.2 Å². The second kappa shape index (κ2) is 7.64. The Morgan fingerprint density at radius 2 is 1.95 bits per heavy atom. The highest BCUT2D eigenvalue weighted by molar-refractivity contribution is 7.80. The molecule has 1 fully saturated rings. The molecule has 2 rings (SSSR count). The van der Waals surface area contributed by atoms with E-state index in [9.17, 15) is 0 Å². The molecular formula is C17H26N2OS. The van der Waals surface area contributed by atoms with E-state index in [1.165, 1.54) is 31.2 Å². The van der Waals surface area contributed by atoms with Crippen molar-refractivity contribution >= 4 is 17.3 Å². The van der Waals surface area contributed by atoms with Gasteiger partial charge in [0.1, 0.15) is 5.75 Å². The van der Waals surface area contributed by atoms with Crippen molar-refractivity contribution in [2.75, 3.05) is 14.2 Å². The molecule has 2 atom stereocenters. The Hall–Kier alpha value is -1.29. The Kier molecular flexibility index (Phi) is 5.85. The molecule has 0 saturated heterocycles. The van der Waals surface area contributed by atoms with Crippen molar-refractivity contribution in [1.29, 1.82) is 0 Å². The molecule has 0 unspecified atom stereocenters. The van der Waals surface area contributed by atoms with Crippen molar-refractivity contribution in [2.45, 2.75) is 45.2 Å². The Morgan fingerprint density at radius 1 is 1.29 bits per heavy atom. The van der Waals surface area contributed by atoms with Gasteiger partial charge in [-0.05, 0) is 48.7 Å². The molecule has 116 valence electrons. The highest BCUT2D eigenvalue weighted by atomic mass is 32.1. The van der Waals surface area contributed by atoms with Crippen LogP contribution >= 0.6 is 12.2 Å². The third-order valence-electron chi connectivity index (χ3n) is 4.35. The minimum atomic E-state index is 0.532. The van der Waals surface area contributed by atoms with Crippen LogP contribution in [-0.2, 0) is 6.54 Å². The van der Waals surface area contributed by atoms with Crippen LogP contribution in [0.2, 0.25) is 0 Å². The summed E-state index contributed by atoms with van der Waals surface area (Å²) in [4.78, 5) is 2.11. The molecule has 1 aliphatic carbocycles. The standard InChI is InChI=1S/C17H26N2OS/c1-13-6-4-5-7-16(13)18-17(21)19(2)12-14-8-10-15(20-3)11-9-14/h8-11,13,16H,4-7,12H2,1-3H3,(H,18,21)/t13-,16-/m0/s1. The first-order valence-corrected chi connectivity index (χ1v) is 8.15. The molecule has 0 aromatic heterocycles. The average molecular weight is 306 g/mol. The van der Waals surface area contributed by atoms with E-state index in [-0.39, 0.29) is 0 Å². The summed E-state index contributed by atoms with van der Waals surface area (Å²) in [5.74, 6) is 1.60. The summed E-state index contributed by atoms with van der Waals surface area (Å²) in [7, 11) is 3.73. The van der Waals surface area contributed by atoms with E-state index in [2.05, 4.69) is 29.3 Å². The van der Waals surface area contributed by atoms with Crippen LogP contribution in [0.3, 0.4) is 0 Å². The van der Waals surface area contributed by atoms with E-state index in [1.807, 2.05) is 19.2 Å². The van der Waals surface area contributed by atoms with Gasteiger partial charge in [0.25, 0.3) is 0 Å². The normalized spacial score (nSPS) is 21.7. The van der Waals surface area contributed by atoms with Crippen LogP contribution in [0, 0.1) is 5.92 Å². The summed E-state index contributed by atoms with van der Waals surface area (Å²) >= 11 is 5.55. The van der Waals surface area contributed by atoms with Crippen LogP contribution in [0.25, 0.3) is 0 Å². The number of benzene rings is 1. The van der Waals surface area contributed by atoms with E-state index in [0.29, 0.717) is 12.0 Å². The first-order chi connectivity index (χ1) is 10.1. The van der Waals surface area contributed by atoms with Gasteiger partial charge in [0.2, 0.25) is 0 Å². The lowest BCUT2D eigenvalue weighted by molar-refractivity contribution is 0.300. The Balaban J connectivity index is 1.86. The summed E-state index contributed by atoms with van der Waals surface area (Å²) < 4.78 is 5.18. The lowest BCUT2D eigenvalue weighted by atomic mass is 9.86. The van der Waals surface area contributed by atoms with Gasteiger partial charge in [0, 0.05) is 19.6 Å². The van der Waals surface area contributed by atoms with E-state index in [1.54, 1.807) is 7.11 Å². The number of rotatable bonds is 4. The number of nitrogens with one attached hydrogen (secondary N) is 1. The molecule has 1 aromatic rings. The Morgan fingerprint density at radius 3 is 2.57 bits per heavy atom. The molecular weight excluding hydrogens is 280 g/mol. The molecule has 1 N–H and O–H groups in total. The monoisotopic (exact) mass is 306 g/mol. The van der Waals surface area contributed by atoms with Crippen LogP contribution in [0.1, 0.15) is 38.2 Å². The van der Waals surface area contributed by atoms with Gasteiger partial charge in [-0.15, -0.1) is 0 Å². The molecule has 4 heteroatoms. The van der Waals surface area contributed by atoms with Crippen LogP contribution in [0.15, 0.2) is 24.3 Å². The molecule has 0 heterocycles. The number of ether oxygens (including phenoxy) is 1. The minimum absolute atomic E-state index is 0.532. The van der Waals surface area contributed by atoms with Gasteiger partial charge in [-0.1, -0.05) is 31.9 Å². The topological polar surface area (TPSA) is 24.5 Å². The highest BCUT2D eigenvalue weighted by Gasteiger charge is 2.22. The lowest BCUT2D eigenvalue weighted by Crippen LogP contribution is -2.46. The third kappa shape index (κ3) is 4.60. The van der Waals surface area contributed by atoms with E-state index >= 15 is 0 Å². The number of thiocarbonyl (C=S) groups is 1. The summed E-state index contributed by atoms with van der Waals surface area (Å²) in [6.45, 7) is 3.14. The average Bonchev–Trinajstić information content (AvgIpc) is 2.50. The summed E-state index contributed by atoms with van der Waals surface area (Å²) in [5, 5.41) is 4.40. The molecule has 0 aliphatic heterocycles. The highest BCUT2D eigenvalue weighted by Crippen LogP contribution is 2.24. The lowest BCUT2D eigenvalue weighted by Gasteiger charge is -2.33. The first kappa shape index (κ1) is 16.1. The minimum Gasteiger partial charge on any atom is -0.497 e. The predicted molar refractivity (Wildman–Crippen MR) is 91.6 cm³/mol. The second-order valence-electron chi connectivity index (χ2n) is 6.02. The molecule has 0 amide bonds. The van der Waals surface area contributed by atoms with Gasteiger partial charge in [-0.2, -0.15) is 0 Å². The SMILES string of the molecule is COc1ccc(CN(C)C(=S)N[C@H]2CCCC[C@@H]2C)cc1. The maximum absolute atomic E-state index is 5.55. The largest absolute Gasteiger partial charge is 0.497 e. The maximum atomic E-state index is 5.55. The van der Waals surface area contributed by atoms with Crippen LogP contribution in [0.4, 0.5) is 0 Å². The van der Waals surface area contributed by atoms with Gasteiger partial charge >= 0.3 is 0 Å². The number of hydrogen-bond donors (Lipinski definition) is 1. The number of hydrogen-bond acceptors (Lipinski definition) is 2. The van der Waals surface area contributed by atoms with Crippen molar-refractivity contribution in [1.82, 2.24) is 10.2 Å². The molecule has 1 aromatic carbocycles. The predicted octanol–water partition coefficient (Wildman–Crippen LogP) is 3.58. The zero-order valence-corrected chi connectivity index (χ0v) is 14.1. The quantitative estimate of drug-likeness (QED) is 0.859. The number of nitrogens with zero attached hydrogens (tertiary/aromatic N) is 1. The van der Waals surface area contributed by atoms with Gasteiger partial charge in [0.05, 0.1) is 7.11 Å². The molecule has 0 spiro atoms. The maximum Gasteiger partial charge on any atom is 0.169 e. The first-order valence-electron chi connectivity index (χ1n) is 7.74. The molecule has 1 saturated carbocycles. The van der Waals surface area contributed by atoms with Gasteiger partial charge in [-0.3, -0.25) is 0 Å². The summed E-state index contributed by atoms with van der Waals surface area (Å²) in [6.07, 6.45) is 5.21. The van der Waals surface area contributed by atoms with Gasteiger partial charge in [-0.25, -0.2) is 0 Å². The van der Waals surface area contributed by atoms with Crippen molar-refractivity contribution < 1.29 is 4.74 Å². The van der Waals surface area contributed by atoms with Crippen molar-refractivity contribution in [3.63, 3.8) is 0 Å². The Bertz CT molecular complexity index is 460. The van der Waals surface area contributed by atoms with E-state index in [0.717, 1.165) is 17.4 Å². The van der Waals surface area contributed by atoms with Crippen molar-refractivity contribution in [3.05, 3.63) is 29.8 Å². The van der Waals surface area contributed by atoms with Crippen LogP contribution < -0.4 is 10.1 Å². The van der Waals surface area contributed by atoms with E-state index < -0.39 is 0 Å². The van der Waals surface area contributed by atoms with Gasteiger partial charge < -0.3 is 15.0 Å². The van der Waals surface area contributed by atoms with Crippen LogP contribution in [0.5, 0.6) is 5.75 Å².